The largest absolute Gasteiger partial charge is 0.504 e. The Labute approximate surface area is 145 Å². The molecular formula is C16H18N2O5S. The van der Waals surface area contributed by atoms with E-state index >= 15 is 0 Å². The summed E-state index contributed by atoms with van der Waals surface area (Å²) in [6, 6.07) is 4.99. The Morgan fingerprint density at radius 2 is 2.12 bits per heavy atom. The predicted molar refractivity (Wildman–Crippen MR) is 91.3 cm³/mol. The minimum Gasteiger partial charge on any atom is -0.504 e. The van der Waals surface area contributed by atoms with Gasteiger partial charge in [-0.05, 0) is 31.3 Å². The number of ether oxygens (including phenoxy) is 2. The number of carbonyl (C=O) groups is 2. The molecule has 0 aromatic heterocycles. The minimum absolute atomic E-state index is 0.0645. The molecule has 0 radical (unpaired) electrons. The first kappa shape index (κ1) is 17.7. The number of nitrogens with zero attached hydrogens (tertiary/aromatic N) is 2. The average molecular weight is 350 g/mol. The lowest BCUT2D eigenvalue weighted by atomic mass is 10.1. The predicted octanol–water partition coefficient (Wildman–Crippen LogP) is 1.36. The second kappa shape index (κ2) is 7.31. The van der Waals surface area contributed by atoms with E-state index in [1.54, 1.807) is 25.2 Å². The van der Waals surface area contributed by atoms with E-state index in [0.29, 0.717) is 17.9 Å². The van der Waals surface area contributed by atoms with Crippen LogP contribution < -0.4 is 4.74 Å². The first-order valence-electron chi connectivity index (χ1n) is 7.23. The van der Waals surface area contributed by atoms with Crippen LogP contribution in [-0.2, 0) is 14.3 Å². The van der Waals surface area contributed by atoms with Crippen LogP contribution in [0.1, 0.15) is 12.5 Å². The van der Waals surface area contributed by atoms with Crippen LogP contribution in [0.4, 0.5) is 0 Å². The number of para-hydroxylation sites is 1. The second-order valence-corrected chi connectivity index (χ2v) is 5.33. The molecule has 128 valence electrons. The Morgan fingerprint density at radius 3 is 2.75 bits per heavy atom. The fourth-order valence-corrected chi connectivity index (χ4v) is 2.47. The Kier molecular flexibility index (Phi) is 5.40. The smallest absolute Gasteiger partial charge is 0.325 e. The van der Waals surface area contributed by atoms with Gasteiger partial charge in [0.25, 0.3) is 5.91 Å². The number of amides is 1. The summed E-state index contributed by atoms with van der Waals surface area (Å²) in [5, 5.41) is 10.4. The van der Waals surface area contributed by atoms with Crippen LogP contribution in [0.3, 0.4) is 0 Å². The Hall–Kier alpha value is -2.61. The van der Waals surface area contributed by atoms with E-state index in [0.717, 1.165) is 4.90 Å². The monoisotopic (exact) mass is 350 g/mol. The zero-order valence-corrected chi connectivity index (χ0v) is 14.4. The number of benzene rings is 1. The van der Waals surface area contributed by atoms with Gasteiger partial charge >= 0.3 is 5.97 Å². The van der Waals surface area contributed by atoms with Gasteiger partial charge in [-0.3, -0.25) is 14.5 Å². The first-order chi connectivity index (χ1) is 11.4. The standard InChI is InChI=1S/C16H18N2O5S/c1-4-23-12-7-5-6-10(14(12)20)8-11-15(21)18(9-13(19)22-3)16(24)17(11)2/h5-8,20H,4,9H2,1-3H3/b11-8-. The lowest BCUT2D eigenvalue weighted by Crippen LogP contribution is -2.36. The van der Waals surface area contributed by atoms with Crippen molar-refractivity contribution in [3.05, 3.63) is 29.5 Å². The van der Waals surface area contributed by atoms with Gasteiger partial charge in [-0.1, -0.05) is 12.1 Å². The van der Waals surface area contributed by atoms with Crippen molar-refractivity contribution in [2.75, 3.05) is 27.3 Å². The molecule has 1 saturated heterocycles. The van der Waals surface area contributed by atoms with Crippen LogP contribution in [-0.4, -0.2) is 59.2 Å². The number of methoxy groups -OCH3 is 1. The third kappa shape index (κ3) is 3.33. The summed E-state index contributed by atoms with van der Waals surface area (Å²) in [5.74, 6) is -0.741. The van der Waals surface area contributed by atoms with Gasteiger partial charge in [0.05, 0.1) is 13.7 Å². The molecule has 0 bridgehead atoms. The lowest BCUT2D eigenvalue weighted by molar-refractivity contribution is -0.143. The quantitative estimate of drug-likeness (QED) is 0.488. The van der Waals surface area contributed by atoms with Crippen molar-refractivity contribution < 1.29 is 24.2 Å². The maximum Gasteiger partial charge on any atom is 0.325 e. The van der Waals surface area contributed by atoms with E-state index in [1.165, 1.54) is 18.1 Å². The van der Waals surface area contributed by atoms with Gasteiger partial charge in [0.2, 0.25) is 0 Å². The van der Waals surface area contributed by atoms with Crippen molar-refractivity contribution in [2.24, 2.45) is 0 Å². The third-order valence-electron chi connectivity index (χ3n) is 3.48. The van der Waals surface area contributed by atoms with E-state index in [4.69, 9.17) is 17.0 Å². The van der Waals surface area contributed by atoms with Crippen LogP contribution in [0.5, 0.6) is 11.5 Å². The normalized spacial score (nSPS) is 16.0. The summed E-state index contributed by atoms with van der Waals surface area (Å²) in [6.07, 6.45) is 1.50. The molecule has 1 aliphatic rings. The fraction of sp³-hybridized carbons (Fsp3) is 0.312. The first-order valence-corrected chi connectivity index (χ1v) is 7.64. The molecule has 1 N–H and O–H groups in total. The lowest BCUT2D eigenvalue weighted by Gasteiger charge is -2.14. The number of carbonyl (C=O) groups excluding carboxylic acids is 2. The van der Waals surface area contributed by atoms with Gasteiger partial charge < -0.3 is 19.5 Å². The minimum atomic E-state index is -0.568. The van der Waals surface area contributed by atoms with Crippen LogP contribution in [0.2, 0.25) is 0 Å². The molecule has 1 fully saturated rings. The van der Waals surface area contributed by atoms with Crippen LogP contribution in [0, 0.1) is 0 Å². The van der Waals surface area contributed by atoms with Gasteiger partial charge in [0, 0.05) is 12.6 Å². The average Bonchev–Trinajstić information content (AvgIpc) is 2.76. The molecular weight excluding hydrogens is 332 g/mol. The number of likely N-dealkylation sites (N-methyl/N-ethyl adjacent to an activating group) is 1. The number of esters is 1. The summed E-state index contributed by atoms with van der Waals surface area (Å²) in [6.45, 7) is 1.95. The molecule has 1 aromatic carbocycles. The zero-order valence-electron chi connectivity index (χ0n) is 13.6. The summed E-state index contributed by atoms with van der Waals surface area (Å²) < 4.78 is 9.90. The Bertz CT molecular complexity index is 716. The zero-order chi connectivity index (χ0) is 17.9. The molecule has 0 saturated carbocycles. The van der Waals surface area contributed by atoms with Gasteiger partial charge in [0.1, 0.15) is 12.2 Å². The fourth-order valence-electron chi connectivity index (χ4n) is 2.22. The summed E-state index contributed by atoms with van der Waals surface area (Å²) in [7, 11) is 2.86. The molecule has 0 unspecified atom stereocenters. The molecule has 2 rings (SSSR count). The van der Waals surface area contributed by atoms with Crippen LogP contribution in [0.25, 0.3) is 6.08 Å². The number of phenolic OH excluding ortho intramolecular Hbond substituents is 1. The molecule has 1 aromatic rings. The van der Waals surface area contributed by atoms with Gasteiger partial charge in [-0.15, -0.1) is 0 Å². The van der Waals surface area contributed by atoms with E-state index in [1.807, 2.05) is 6.92 Å². The van der Waals surface area contributed by atoms with Crippen molar-refractivity contribution in [3.63, 3.8) is 0 Å². The molecule has 0 atom stereocenters. The number of aromatic hydroxyl groups is 1. The summed E-state index contributed by atoms with van der Waals surface area (Å²) in [4.78, 5) is 26.6. The number of rotatable bonds is 5. The SMILES string of the molecule is CCOc1cccc(/C=C2/C(=O)N(CC(=O)OC)C(=S)N2C)c1O. The summed E-state index contributed by atoms with van der Waals surface area (Å²) >= 11 is 5.20. The number of hydrogen-bond acceptors (Lipinski definition) is 6. The van der Waals surface area contributed by atoms with Crippen LogP contribution >= 0.6 is 12.2 Å². The maximum atomic E-state index is 12.5. The molecule has 7 nitrogen and oxygen atoms in total. The topological polar surface area (TPSA) is 79.3 Å². The molecule has 8 heteroatoms. The molecule has 1 heterocycles. The van der Waals surface area contributed by atoms with Crippen molar-refractivity contribution in [1.82, 2.24) is 9.80 Å². The highest BCUT2D eigenvalue weighted by Gasteiger charge is 2.37. The molecule has 1 amide bonds. The highest BCUT2D eigenvalue weighted by Crippen LogP contribution is 2.32. The van der Waals surface area contributed by atoms with Crippen LogP contribution in [0.15, 0.2) is 23.9 Å². The molecule has 0 aliphatic carbocycles. The molecule has 1 aliphatic heterocycles. The molecule has 0 spiro atoms. The number of phenols is 1. The van der Waals surface area contributed by atoms with Crippen molar-refractivity contribution in [2.45, 2.75) is 6.92 Å². The van der Waals surface area contributed by atoms with E-state index in [9.17, 15) is 14.7 Å². The highest BCUT2D eigenvalue weighted by molar-refractivity contribution is 7.80. The summed E-state index contributed by atoms with van der Waals surface area (Å²) in [5.41, 5.74) is 0.659. The van der Waals surface area contributed by atoms with Crippen molar-refractivity contribution in [3.8, 4) is 11.5 Å². The van der Waals surface area contributed by atoms with Gasteiger partial charge in [-0.25, -0.2) is 0 Å². The molecule has 24 heavy (non-hydrogen) atoms. The maximum absolute atomic E-state index is 12.5. The van der Waals surface area contributed by atoms with Crippen molar-refractivity contribution >= 4 is 35.3 Å². The Morgan fingerprint density at radius 1 is 1.42 bits per heavy atom. The van der Waals surface area contributed by atoms with E-state index in [-0.39, 0.29) is 23.1 Å². The van der Waals surface area contributed by atoms with Crippen molar-refractivity contribution in [1.29, 1.82) is 0 Å². The number of thiocarbonyl (C=S) groups is 1. The van der Waals surface area contributed by atoms with E-state index in [2.05, 4.69) is 4.74 Å². The van der Waals surface area contributed by atoms with E-state index < -0.39 is 11.9 Å². The number of hydrogen-bond donors (Lipinski definition) is 1. The van der Waals surface area contributed by atoms with Gasteiger partial charge in [0.15, 0.2) is 16.6 Å². The Balaban J connectivity index is 2.36. The highest BCUT2D eigenvalue weighted by atomic mass is 32.1. The van der Waals surface area contributed by atoms with Gasteiger partial charge in [-0.2, -0.15) is 0 Å². The second-order valence-electron chi connectivity index (χ2n) is 4.97. The third-order valence-corrected chi connectivity index (χ3v) is 3.97.